The Morgan fingerprint density at radius 1 is 1.14 bits per heavy atom. The van der Waals surface area contributed by atoms with E-state index in [1.165, 1.54) is 24.0 Å². The van der Waals surface area contributed by atoms with Crippen LogP contribution in [-0.2, 0) is 10.8 Å². The first kappa shape index (κ1) is 18.6. The minimum Gasteiger partial charge on any atom is -0.250 e. The molecule has 0 radical (unpaired) electrons. The van der Waals surface area contributed by atoms with Crippen molar-refractivity contribution in [3.05, 3.63) is 65.6 Å². The average Bonchev–Trinajstić information content (AvgIpc) is 2.55. The van der Waals surface area contributed by atoms with Crippen LogP contribution >= 0.6 is 0 Å². The lowest BCUT2D eigenvalue weighted by atomic mass is 9.97. The lowest BCUT2D eigenvalue weighted by molar-refractivity contribution is 0.688. The number of unbranched alkanes of at least 4 members (excludes halogenated alkanes) is 2. The molecular formula is C20H28OS. The summed E-state index contributed by atoms with van der Waals surface area (Å²) in [6.07, 6.45) is 10.6. The van der Waals surface area contributed by atoms with E-state index in [9.17, 15) is 4.21 Å². The van der Waals surface area contributed by atoms with Crippen LogP contribution in [0.3, 0.4) is 0 Å². The number of rotatable bonds is 10. The topological polar surface area (TPSA) is 17.1 Å². The van der Waals surface area contributed by atoms with Crippen LogP contribution in [-0.4, -0.2) is 4.21 Å². The van der Waals surface area contributed by atoms with Gasteiger partial charge in [-0.15, -0.1) is 6.58 Å². The number of allylic oxidation sites excluding steroid dienone is 4. The zero-order chi connectivity index (χ0) is 16.2. The Morgan fingerprint density at radius 3 is 2.45 bits per heavy atom. The molecule has 22 heavy (non-hydrogen) atoms. The largest absolute Gasteiger partial charge is 0.250 e. The summed E-state index contributed by atoms with van der Waals surface area (Å²) >= 11 is 0. The molecular weight excluding hydrogens is 288 g/mol. The van der Waals surface area contributed by atoms with Crippen molar-refractivity contribution >= 4 is 10.8 Å². The third kappa shape index (κ3) is 6.57. The predicted octanol–water partition coefficient (Wildman–Crippen LogP) is 6.17. The highest BCUT2D eigenvalue weighted by molar-refractivity contribution is 7.88. The zero-order valence-corrected chi connectivity index (χ0v) is 14.7. The minimum atomic E-state index is -1.10. The van der Waals surface area contributed by atoms with Gasteiger partial charge in [0.1, 0.15) is 0 Å². The number of hydrogen-bond acceptors (Lipinski definition) is 1. The van der Waals surface area contributed by atoms with Gasteiger partial charge < -0.3 is 0 Å². The first-order valence-electron chi connectivity index (χ1n) is 8.19. The molecule has 0 N–H and O–H groups in total. The molecule has 1 unspecified atom stereocenters. The normalized spacial score (nSPS) is 13.9. The summed E-state index contributed by atoms with van der Waals surface area (Å²) in [6, 6.07) is 9.64. The lowest BCUT2D eigenvalue weighted by Gasteiger charge is -2.11. The van der Waals surface area contributed by atoms with E-state index in [1.54, 1.807) is 0 Å². The molecule has 2 heteroatoms. The summed E-state index contributed by atoms with van der Waals surface area (Å²) in [5.74, 6) is 0. The summed E-state index contributed by atoms with van der Waals surface area (Å²) < 4.78 is 12.6. The Morgan fingerprint density at radius 2 is 1.86 bits per heavy atom. The van der Waals surface area contributed by atoms with Crippen molar-refractivity contribution in [2.24, 2.45) is 0 Å². The van der Waals surface area contributed by atoms with Crippen LogP contribution in [0.4, 0.5) is 0 Å². The molecule has 0 saturated carbocycles. The summed E-state index contributed by atoms with van der Waals surface area (Å²) in [5.41, 5.74) is 2.51. The maximum Gasteiger partial charge on any atom is 0.0778 e. The standard InChI is InChI=1S/C20H28OS/c1-4-7-13-18(14-8-5-2)19(12-6-3)17-22(21)20-15-10-9-11-16-20/h6,9-11,13,15-17H,3-5,7-8,12,14H2,1-2H3/b18-13+,19-17+. The van der Waals surface area contributed by atoms with Gasteiger partial charge >= 0.3 is 0 Å². The zero-order valence-electron chi connectivity index (χ0n) is 13.9. The highest BCUT2D eigenvalue weighted by Gasteiger charge is 2.07. The molecule has 0 heterocycles. The van der Waals surface area contributed by atoms with Gasteiger partial charge in [0.2, 0.25) is 0 Å². The Bertz CT molecular complexity index is 526. The van der Waals surface area contributed by atoms with Crippen LogP contribution in [0.2, 0.25) is 0 Å². The number of hydrogen-bond donors (Lipinski definition) is 0. The molecule has 120 valence electrons. The quantitative estimate of drug-likeness (QED) is 0.372. The average molecular weight is 317 g/mol. The molecule has 0 fully saturated rings. The van der Waals surface area contributed by atoms with Gasteiger partial charge in [0.15, 0.2) is 0 Å². The van der Waals surface area contributed by atoms with Crippen molar-refractivity contribution in [2.75, 3.05) is 0 Å². The van der Waals surface area contributed by atoms with E-state index in [0.717, 1.165) is 30.6 Å². The third-order valence-corrected chi connectivity index (χ3v) is 4.72. The van der Waals surface area contributed by atoms with Gasteiger partial charge in [-0.25, -0.2) is 4.21 Å². The van der Waals surface area contributed by atoms with Crippen LogP contribution < -0.4 is 0 Å². The van der Waals surface area contributed by atoms with E-state index in [0.29, 0.717) is 0 Å². The van der Waals surface area contributed by atoms with Crippen LogP contribution in [0.15, 0.2) is 70.5 Å². The van der Waals surface area contributed by atoms with Crippen molar-refractivity contribution in [1.29, 1.82) is 0 Å². The molecule has 1 atom stereocenters. The fourth-order valence-corrected chi connectivity index (χ4v) is 3.31. The molecule has 0 saturated heterocycles. The minimum absolute atomic E-state index is 0.776. The monoisotopic (exact) mass is 316 g/mol. The van der Waals surface area contributed by atoms with Crippen molar-refractivity contribution < 1.29 is 4.21 Å². The molecule has 0 aromatic heterocycles. The van der Waals surface area contributed by atoms with Crippen LogP contribution in [0, 0.1) is 0 Å². The van der Waals surface area contributed by atoms with Crippen LogP contribution in [0.1, 0.15) is 52.4 Å². The molecule has 0 aliphatic carbocycles. The fourth-order valence-electron chi connectivity index (χ4n) is 2.24. The Balaban J connectivity index is 3.04. The SMILES string of the molecule is C=CCC(=C\S(=O)c1ccccc1)/C(=C/CCC)CCCC. The first-order valence-corrected chi connectivity index (χ1v) is 9.40. The van der Waals surface area contributed by atoms with Gasteiger partial charge in [-0.05, 0) is 49.0 Å². The molecule has 1 aromatic carbocycles. The second-order valence-corrected chi connectivity index (χ2v) is 6.67. The molecule has 1 rings (SSSR count). The molecule has 0 spiro atoms. The first-order chi connectivity index (χ1) is 10.7. The van der Waals surface area contributed by atoms with Crippen LogP contribution in [0.5, 0.6) is 0 Å². The van der Waals surface area contributed by atoms with Gasteiger partial charge in [-0.3, -0.25) is 0 Å². The second-order valence-electron chi connectivity index (χ2n) is 5.37. The number of benzene rings is 1. The molecule has 0 amide bonds. The van der Waals surface area contributed by atoms with E-state index in [4.69, 9.17) is 0 Å². The van der Waals surface area contributed by atoms with Crippen molar-refractivity contribution in [3.63, 3.8) is 0 Å². The molecule has 0 aliphatic rings. The maximum atomic E-state index is 12.6. The summed E-state index contributed by atoms with van der Waals surface area (Å²) in [7, 11) is -1.10. The summed E-state index contributed by atoms with van der Waals surface area (Å²) in [5, 5.41) is 1.91. The summed E-state index contributed by atoms with van der Waals surface area (Å²) in [6.45, 7) is 8.25. The van der Waals surface area contributed by atoms with Crippen molar-refractivity contribution in [3.8, 4) is 0 Å². The summed E-state index contributed by atoms with van der Waals surface area (Å²) in [4.78, 5) is 0.856. The van der Waals surface area contributed by atoms with E-state index in [1.807, 2.05) is 41.8 Å². The Kier molecular flexibility index (Phi) is 9.49. The predicted molar refractivity (Wildman–Crippen MR) is 98.3 cm³/mol. The highest BCUT2D eigenvalue weighted by atomic mass is 32.2. The van der Waals surface area contributed by atoms with Gasteiger partial charge in [-0.2, -0.15) is 0 Å². The van der Waals surface area contributed by atoms with Crippen molar-refractivity contribution in [1.82, 2.24) is 0 Å². The molecule has 0 aliphatic heterocycles. The van der Waals surface area contributed by atoms with Crippen molar-refractivity contribution in [2.45, 2.75) is 57.3 Å². The fraction of sp³-hybridized carbons (Fsp3) is 0.400. The molecule has 1 aromatic rings. The van der Waals surface area contributed by atoms with Crippen LogP contribution in [0.25, 0.3) is 0 Å². The van der Waals surface area contributed by atoms with E-state index >= 15 is 0 Å². The second kappa shape index (κ2) is 11.2. The van der Waals surface area contributed by atoms with E-state index in [-0.39, 0.29) is 0 Å². The maximum absolute atomic E-state index is 12.6. The lowest BCUT2D eigenvalue weighted by Crippen LogP contribution is -1.95. The Hall–Kier alpha value is -1.41. The van der Waals surface area contributed by atoms with Gasteiger partial charge in [-0.1, -0.05) is 57.0 Å². The smallest absolute Gasteiger partial charge is 0.0778 e. The molecule has 0 bridgehead atoms. The Labute approximate surface area is 138 Å². The van der Waals surface area contributed by atoms with Gasteiger partial charge in [0.05, 0.1) is 10.8 Å². The molecule has 1 nitrogen and oxygen atoms in total. The van der Waals surface area contributed by atoms with E-state index < -0.39 is 10.8 Å². The van der Waals surface area contributed by atoms with E-state index in [2.05, 4.69) is 26.5 Å². The van der Waals surface area contributed by atoms with Gasteiger partial charge in [0.25, 0.3) is 0 Å². The third-order valence-electron chi connectivity index (χ3n) is 3.48. The van der Waals surface area contributed by atoms with Gasteiger partial charge in [0, 0.05) is 10.3 Å². The highest BCUT2D eigenvalue weighted by Crippen LogP contribution is 2.24.